The van der Waals surface area contributed by atoms with Crippen LogP contribution in [0.5, 0.6) is 11.8 Å². The Hall–Kier alpha value is -3.73. The van der Waals surface area contributed by atoms with Crippen LogP contribution in [0.15, 0.2) is 24.5 Å². The third-order valence-corrected chi connectivity index (χ3v) is 5.99. The van der Waals surface area contributed by atoms with Gasteiger partial charge in [-0.2, -0.15) is 9.97 Å². The smallest absolute Gasteiger partial charge is 0.326 e. The molecule has 0 saturated carbocycles. The maximum Gasteiger partial charge on any atom is 0.326 e. The highest BCUT2D eigenvalue weighted by Gasteiger charge is 2.40. The molecule has 2 atom stereocenters. The molecule has 0 amide bonds. The Labute approximate surface area is 176 Å². The van der Waals surface area contributed by atoms with Gasteiger partial charge in [0.15, 0.2) is 5.75 Å². The first kappa shape index (κ1) is 18.1. The number of nitrogens with zero attached hydrogens (tertiary/aromatic N) is 5. The van der Waals surface area contributed by atoms with Gasteiger partial charge >= 0.3 is 6.01 Å². The van der Waals surface area contributed by atoms with Gasteiger partial charge in [-0.3, -0.25) is 0 Å². The van der Waals surface area contributed by atoms with E-state index in [2.05, 4.69) is 35.5 Å². The first-order valence-electron chi connectivity index (χ1n) is 10.0. The molecule has 2 fully saturated rings. The van der Waals surface area contributed by atoms with E-state index < -0.39 is 0 Å². The van der Waals surface area contributed by atoms with Gasteiger partial charge in [-0.1, -0.05) is 0 Å². The number of anilines is 3. The van der Waals surface area contributed by atoms with Crippen molar-refractivity contribution in [1.82, 2.24) is 30.2 Å². The summed E-state index contributed by atoms with van der Waals surface area (Å²) in [6.45, 7) is 2.69. The Balaban J connectivity index is 1.54. The lowest BCUT2D eigenvalue weighted by atomic mass is 9.96. The van der Waals surface area contributed by atoms with Crippen LogP contribution < -0.4 is 26.0 Å². The minimum atomic E-state index is -0.328. The van der Waals surface area contributed by atoms with Crippen LogP contribution in [0, 0.1) is 11.7 Å². The van der Waals surface area contributed by atoms with Crippen molar-refractivity contribution in [3.63, 3.8) is 0 Å². The second-order valence-corrected chi connectivity index (χ2v) is 7.86. The number of aromatic amines is 1. The molecule has 0 spiro atoms. The van der Waals surface area contributed by atoms with Gasteiger partial charge < -0.3 is 31.0 Å². The van der Waals surface area contributed by atoms with Gasteiger partial charge in [-0.25, -0.2) is 14.4 Å². The molecule has 6 rings (SSSR count). The molecule has 2 aliphatic rings. The predicted molar refractivity (Wildman–Crippen MR) is 115 cm³/mol. The molecule has 0 aliphatic carbocycles. The molecule has 11 heteroatoms. The highest BCUT2D eigenvalue weighted by atomic mass is 19.1. The fourth-order valence-corrected chi connectivity index (χ4v) is 4.41. The van der Waals surface area contributed by atoms with Crippen LogP contribution in [0.3, 0.4) is 0 Å². The van der Waals surface area contributed by atoms with Gasteiger partial charge in [0.25, 0.3) is 0 Å². The Bertz CT molecular complexity index is 1290. The van der Waals surface area contributed by atoms with Gasteiger partial charge in [0.1, 0.15) is 17.3 Å². The summed E-state index contributed by atoms with van der Waals surface area (Å²) in [5, 5.41) is 7.99. The molecule has 2 saturated heterocycles. The number of nitrogens with two attached hydrogens (primary N) is 1. The molecular weight excluding hydrogens is 401 g/mol. The predicted octanol–water partition coefficient (Wildman–Crippen LogP) is 1.86. The minimum Gasteiger partial charge on any atom is -0.421 e. The van der Waals surface area contributed by atoms with E-state index in [1.54, 1.807) is 7.05 Å². The lowest BCUT2D eigenvalue weighted by Crippen LogP contribution is -2.51. The molecule has 5 N–H and O–H groups in total. The van der Waals surface area contributed by atoms with Crippen molar-refractivity contribution < 1.29 is 9.13 Å². The zero-order chi connectivity index (χ0) is 21.1. The van der Waals surface area contributed by atoms with Gasteiger partial charge in [0, 0.05) is 44.0 Å². The van der Waals surface area contributed by atoms with Crippen LogP contribution in [-0.4, -0.2) is 57.6 Å². The molecule has 2 aliphatic heterocycles. The Morgan fingerprint density at radius 1 is 1.23 bits per heavy atom. The van der Waals surface area contributed by atoms with E-state index in [1.807, 2.05) is 0 Å². The summed E-state index contributed by atoms with van der Waals surface area (Å²) < 4.78 is 20.2. The summed E-state index contributed by atoms with van der Waals surface area (Å²) in [7, 11) is 1.76. The molecule has 31 heavy (non-hydrogen) atoms. The largest absolute Gasteiger partial charge is 0.421 e. The SMILES string of the molecule is CNc1cc(F)cc2c1[nH]c1nc(Oc3cnc(N)nc3)nc(N3CC4CNC4C3)c12. The van der Waals surface area contributed by atoms with Crippen LogP contribution in [-0.2, 0) is 0 Å². The number of rotatable bonds is 4. The Kier molecular flexibility index (Phi) is 3.87. The molecule has 2 unspecified atom stereocenters. The molecular formula is C20H20FN9O. The third kappa shape index (κ3) is 2.88. The maximum atomic E-state index is 14.4. The fraction of sp³-hybridized carbons (Fsp3) is 0.300. The number of hydrogen-bond donors (Lipinski definition) is 4. The number of nitrogens with one attached hydrogen (secondary N) is 3. The number of fused-ring (bicyclic) bond motifs is 4. The van der Waals surface area contributed by atoms with E-state index >= 15 is 0 Å². The van der Waals surface area contributed by atoms with Crippen LogP contribution in [0.1, 0.15) is 0 Å². The Morgan fingerprint density at radius 3 is 2.74 bits per heavy atom. The van der Waals surface area contributed by atoms with E-state index in [9.17, 15) is 4.39 Å². The quantitative estimate of drug-likeness (QED) is 0.390. The number of H-pyrrole nitrogens is 1. The van der Waals surface area contributed by atoms with Crippen LogP contribution in [0.25, 0.3) is 21.9 Å². The lowest BCUT2D eigenvalue weighted by Gasteiger charge is -2.29. The van der Waals surface area contributed by atoms with Crippen molar-refractivity contribution in [3.8, 4) is 11.8 Å². The topological polar surface area (TPSA) is 130 Å². The second kappa shape index (κ2) is 6.64. The molecule has 0 radical (unpaired) electrons. The molecule has 3 aromatic heterocycles. The van der Waals surface area contributed by atoms with Crippen molar-refractivity contribution in [2.45, 2.75) is 6.04 Å². The molecule has 10 nitrogen and oxygen atoms in total. The van der Waals surface area contributed by atoms with Gasteiger partial charge in [-0.15, -0.1) is 0 Å². The van der Waals surface area contributed by atoms with E-state index in [0.29, 0.717) is 34.9 Å². The normalized spacial score (nSPS) is 20.1. The highest BCUT2D eigenvalue weighted by Crippen LogP contribution is 2.39. The molecule has 0 bridgehead atoms. The average Bonchev–Trinajstić information content (AvgIpc) is 3.25. The zero-order valence-corrected chi connectivity index (χ0v) is 16.7. The lowest BCUT2D eigenvalue weighted by molar-refractivity contribution is 0.297. The minimum absolute atomic E-state index is 0.154. The molecule has 158 valence electrons. The zero-order valence-electron chi connectivity index (χ0n) is 16.7. The van der Waals surface area contributed by atoms with Crippen molar-refractivity contribution in [2.75, 3.05) is 42.6 Å². The second-order valence-electron chi connectivity index (χ2n) is 7.86. The van der Waals surface area contributed by atoms with E-state index in [-0.39, 0.29) is 17.8 Å². The number of aromatic nitrogens is 5. The third-order valence-electron chi connectivity index (χ3n) is 5.99. The van der Waals surface area contributed by atoms with Crippen molar-refractivity contribution in [1.29, 1.82) is 0 Å². The van der Waals surface area contributed by atoms with E-state index in [1.165, 1.54) is 24.5 Å². The number of ether oxygens (including phenoxy) is 1. The summed E-state index contributed by atoms with van der Waals surface area (Å²) in [5.41, 5.74) is 7.54. The summed E-state index contributed by atoms with van der Waals surface area (Å²) in [6, 6.07) is 3.56. The molecule has 4 aromatic rings. The summed E-state index contributed by atoms with van der Waals surface area (Å²) in [6.07, 6.45) is 2.94. The van der Waals surface area contributed by atoms with Gasteiger partial charge in [-0.05, 0) is 12.1 Å². The summed E-state index contributed by atoms with van der Waals surface area (Å²) in [4.78, 5) is 22.7. The monoisotopic (exact) mass is 421 g/mol. The number of hydrogen-bond acceptors (Lipinski definition) is 9. The van der Waals surface area contributed by atoms with E-state index in [4.69, 9.17) is 15.5 Å². The highest BCUT2D eigenvalue weighted by molar-refractivity contribution is 6.14. The first-order chi connectivity index (χ1) is 15.1. The number of halogens is 1. The van der Waals surface area contributed by atoms with Gasteiger partial charge in [0.2, 0.25) is 5.95 Å². The standard InChI is InChI=1S/C20H20FN9O/c1-23-13-3-10(21)2-12-15-17(27-16(12)13)28-20(31-11-5-25-19(22)26-6-11)29-18(15)30-7-9-4-24-14(9)8-30/h2-3,5-6,9,14,23-24H,4,7-8H2,1H3,(H2,22,25,26)(H,27,28,29). The summed E-state index contributed by atoms with van der Waals surface area (Å²) >= 11 is 0. The average molecular weight is 421 g/mol. The van der Waals surface area contributed by atoms with Crippen LogP contribution in [0.2, 0.25) is 0 Å². The van der Waals surface area contributed by atoms with Gasteiger partial charge in [0.05, 0.1) is 29.0 Å². The van der Waals surface area contributed by atoms with Crippen LogP contribution in [0.4, 0.5) is 21.8 Å². The Morgan fingerprint density at radius 2 is 2.06 bits per heavy atom. The molecule has 5 heterocycles. The van der Waals surface area contributed by atoms with Crippen molar-refractivity contribution in [3.05, 3.63) is 30.3 Å². The number of benzene rings is 1. The van der Waals surface area contributed by atoms with Crippen LogP contribution >= 0.6 is 0 Å². The maximum absolute atomic E-state index is 14.4. The van der Waals surface area contributed by atoms with Crippen molar-refractivity contribution >= 4 is 39.4 Å². The molecule has 1 aromatic carbocycles. The fourth-order valence-electron chi connectivity index (χ4n) is 4.41. The first-order valence-corrected chi connectivity index (χ1v) is 10.0. The summed E-state index contributed by atoms with van der Waals surface area (Å²) in [5.74, 6) is 1.50. The van der Waals surface area contributed by atoms with Crippen molar-refractivity contribution in [2.24, 2.45) is 5.92 Å². The van der Waals surface area contributed by atoms with E-state index in [0.717, 1.165) is 35.9 Å². The number of nitrogen functional groups attached to an aromatic ring is 1.